The molecule has 0 bridgehead atoms. The summed E-state index contributed by atoms with van der Waals surface area (Å²) in [5, 5.41) is 8.06. The first-order valence-corrected chi connectivity index (χ1v) is 9.27. The number of benzene rings is 2. The van der Waals surface area contributed by atoms with E-state index in [0.29, 0.717) is 11.5 Å². The highest BCUT2D eigenvalue weighted by Crippen LogP contribution is 2.26. The Labute approximate surface area is 167 Å². The Morgan fingerprint density at radius 2 is 1.76 bits per heavy atom. The van der Waals surface area contributed by atoms with Crippen molar-refractivity contribution >= 4 is 28.6 Å². The van der Waals surface area contributed by atoms with Crippen LogP contribution >= 0.6 is 0 Å². The minimum Gasteiger partial charge on any atom is -0.444 e. The minimum atomic E-state index is -0.630. The molecule has 0 aliphatic carbocycles. The van der Waals surface area contributed by atoms with Crippen LogP contribution in [0.1, 0.15) is 38.2 Å². The molecule has 148 valence electrons. The third-order valence-electron chi connectivity index (χ3n) is 4.27. The SMILES string of the molecule is CC(C)(C)OC(=O)N[C@H](c1ccccc1)c1nc2ccccc2c2nc(N)nn12. The molecule has 1 atom stereocenters. The number of ether oxygens (including phenoxy) is 1. The molecule has 8 nitrogen and oxygen atoms in total. The van der Waals surface area contributed by atoms with E-state index in [-0.39, 0.29) is 5.95 Å². The number of para-hydroxylation sites is 1. The number of aromatic nitrogens is 4. The summed E-state index contributed by atoms with van der Waals surface area (Å²) in [7, 11) is 0. The van der Waals surface area contributed by atoms with Gasteiger partial charge in [0.1, 0.15) is 11.6 Å². The second-order valence-corrected chi connectivity index (χ2v) is 7.68. The number of anilines is 1. The van der Waals surface area contributed by atoms with E-state index in [2.05, 4.69) is 15.4 Å². The van der Waals surface area contributed by atoms with Crippen molar-refractivity contribution in [3.05, 3.63) is 66.0 Å². The Bertz CT molecular complexity index is 1180. The summed E-state index contributed by atoms with van der Waals surface area (Å²) in [6.07, 6.45) is -0.553. The summed E-state index contributed by atoms with van der Waals surface area (Å²) in [5.41, 5.74) is 7.40. The van der Waals surface area contributed by atoms with Crippen LogP contribution in [0.4, 0.5) is 10.7 Å². The third-order valence-corrected chi connectivity index (χ3v) is 4.27. The average molecular weight is 390 g/mol. The highest BCUT2D eigenvalue weighted by atomic mass is 16.6. The summed E-state index contributed by atoms with van der Waals surface area (Å²) in [6.45, 7) is 5.44. The van der Waals surface area contributed by atoms with Crippen LogP contribution in [0.2, 0.25) is 0 Å². The molecule has 2 heterocycles. The molecule has 0 spiro atoms. The van der Waals surface area contributed by atoms with Crippen LogP contribution in [-0.2, 0) is 4.74 Å². The van der Waals surface area contributed by atoms with E-state index < -0.39 is 17.7 Å². The molecular formula is C21H22N6O2. The van der Waals surface area contributed by atoms with Crippen molar-refractivity contribution in [1.82, 2.24) is 24.9 Å². The van der Waals surface area contributed by atoms with Gasteiger partial charge in [-0.2, -0.15) is 9.50 Å². The quantitative estimate of drug-likeness (QED) is 0.555. The van der Waals surface area contributed by atoms with Crippen LogP contribution in [0.5, 0.6) is 0 Å². The molecule has 3 N–H and O–H groups in total. The van der Waals surface area contributed by atoms with Crippen LogP contribution in [0.3, 0.4) is 0 Å². The molecule has 8 heteroatoms. The maximum Gasteiger partial charge on any atom is 0.408 e. The van der Waals surface area contributed by atoms with E-state index in [1.54, 1.807) is 4.52 Å². The molecule has 4 aromatic rings. The average Bonchev–Trinajstić information content (AvgIpc) is 3.07. The highest BCUT2D eigenvalue weighted by Gasteiger charge is 2.26. The summed E-state index contributed by atoms with van der Waals surface area (Å²) in [4.78, 5) is 21.7. The lowest BCUT2D eigenvalue weighted by atomic mass is 10.1. The zero-order valence-electron chi connectivity index (χ0n) is 16.5. The van der Waals surface area contributed by atoms with Crippen molar-refractivity contribution < 1.29 is 9.53 Å². The zero-order valence-corrected chi connectivity index (χ0v) is 16.5. The lowest BCUT2D eigenvalue weighted by Crippen LogP contribution is -2.36. The van der Waals surface area contributed by atoms with Crippen LogP contribution in [0.25, 0.3) is 16.6 Å². The monoisotopic (exact) mass is 390 g/mol. The van der Waals surface area contributed by atoms with E-state index in [4.69, 9.17) is 15.5 Å². The number of nitrogens with zero attached hydrogens (tertiary/aromatic N) is 4. The van der Waals surface area contributed by atoms with E-state index in [0.717, 1.165) is 16.5 Å². The van der Waals surface area contributed by atoms with Gasteiger partial charge in [-0.05, 0) is 38.5 Å². The number of hydrogen-bond donors (Lipinski definition) is 2. The number of rotatable bonds is 3. The van der Waals surface area contributed by atoms with Crippen molar-refractivity contribution in [1.29, 1.82) is 0 Å². The molecule has 0 aliphatic rings. The Morgan fingerprint density at radius 3 is 2.48 bits per heavy atom. The number of nitrogens with two attached hydrogens (primary N) is 1. The predicted octanol–water partition coefficient (Wildman–Crippen LogP) is 3.47. The molecule has 0 saturated heterocycles. The highest BCUT2D eigenvalue weighted by molar-refractivity contribution is 5.91. The van der Waals surface area contributed by atoms with E-state index in [9.17, 15) is 4.79 Å². The first-order chi connectivity index (χ1) is 13.8. The molecule has 0 radical (unpaired) electrons. The van der Waals surface area contributed by atoms with Gasteiger partial charge in [-0.3, -0.25) is 0 Å². The van der Waals surface area contributed by atoms with Gasteiger partial charge in [-0.15, -0.1) is 5.10 Å². The molecule has 2 aromatic carbocycles. The van der Waals surface area contributed by atoms with Crippen molar-refractivity contribution in [2.24, 2.45) is 0 Å². The summed E-state index contributed by atoms with van der Waals surface area (Å²) in [5.74, 6) is 0.619. The van der Waals surface area contributed by atoms with Gasteiger partial charge in [0.2, 0.25) is 5.95 Å². The van der Waals surface area contributed by atoms with E-state index in [1.165, 1.54) is 0 Å². The number of alkyl carbamates (subject to hydrolysis) is 1. The fourth-order valence-corrected chi connectivity index (χ4v) is 3.15. The van der Waals surface area contributed by atoms with Gasteiger partial charge in [0.25, 0.3) is 0 Å². The molecular weight excluding hydrogens is 368 g/mol. The lowest BCUT2D eigenvalue weighted by Gasteiger charge is -2.24. The molecule has 2 aromatic heterocycles. The van der Waals surface area contributed by atoms with Gasteiger partial charge in [0, 0.05) is 5.39 Å². The number of nitrogens with one attached hydrogen (secondary N) is 1. The molecule has 4 rings (SSSR count). The van der Waals surface area contributed by atoms with Crippen LogP contribution in [-0.4, -0.2) is 31.3 Å². The number of fused-ring (bicyclic) bond motifs is 3. The lowest BCUT2D eigenvalue weighted by molar-refractivity contribution is 0.0510. The van der Waals surface area contributed by atoms with Crippen LogP contribution in [0, 0.1) is 0 Å². The number of nitrogen functional groups attached to an aromatic ring is 1. The first kappa shape index (κ1) is 18.7. The van der Waals surface area contributed by atoms with Crippen molar-refractivity contribution in [3.8, 4) is 0 Å². The summed E-state index contributed by atoms with van der Waals surface area (Å²) in [6, 6.07) is 16.5. The number of hydrogen-bond acceptors (Lipinski definition) is 6. The Balaban J connectivity index is 1.90. The zero-order chi connectivity index (χ0) is 20.6. The third kappa shape index (κ3) is 3.82. The van der Waals surface area contributed by atoms with Gasteiger partial charge in [0.05, 0.1) is 5.52 Å². The predicted molar refractivity (Wildman–Crippen MR) is 110 cm³/mol. The Morgan fingerprint density at radius 1 is 1.07 bits per heavy atom. The maximum absolute atomic E-state index is 12.6. The molecule has 29 heavy (non-hydrogen) atoms. The van der Waals surface area contributed by atoms with Crippen LogP contribution in [0.15, 0.2) is 54.6 Å². The van der Waals surface area contributed by atoms with Gasteiger partial charge in [0.15, 0.2) is 11.5 Å². The fourth-order valence-electron chi connectivity index (χ4n) is 3.15. The first-order valence-electron chi connectivity index (χ1n) is 9.27. The standard InChI is InChI=1S/C21H22N6O2/c1-21(2,3)29-20(28)24-16(13-9-5-4-6-10-13)18-23-15-12-8-7-11-14(15)17-25-19(22)26-27(17)18/h4-12,16H,1-3H3,(H2,22,26)(H,24,28)/t16-/m1/s1. The maximum atomic E-state index is 12.6. The smallest absolute Gasteiger partial charge is 0.408 e. The number of carbonyl (C=O) groups excluding carboxylic acids is 1. The van der Waals surface area contributed by atoms with Crippen molar-refractivity contribution in [2.45, 2.75) is 32.4 Å². The Kier molecular flexibility index (Phi) is 4.54. The Hall–Kier alpha value is -3.68. The molecule has 0 saturated carbocycles. The van der Waals surface area contributed by atoms with Crippen LogP contribution < -0.4 is 11.1 Å². The van der Waals surface area contributed by atoms with Crippen molar-refractivity contribution in [3.63, 3.8) is 0 Å². The molecule has 1 amide bonds. The van der Waals surface area contributed by atoms with E-state index in [1.807, 2.05) is 75.4 Å². The minimum absolute atomic E-state index is 0.133. The van der Waals surface area contributed by atoms with Gasteiger partial charge in [-0.1, -0.05) is 42.5 Å². The number of amides is 1. The summed E-state index contributed by atoms with van der Waals surface area (Å²) >= 11 is 0. The second kappa shape index (κ2) is 7.05. The largest absolute Gasteiger partial charge is 0.444 e. The van der Waals surface area contributed by atoms with E-state index >= 15 is 0 Å². The summed E-state index contributed by atoms with van der Waals surface area (Å²) < 4.78 is 7.04. The molecule has 0 aliphatic heterocycles. The van der Waals surface area contributed by atoms with Gasteiger partial charge < -0.3 is 15.8 Å². The van der Waals surface area contributed by atoms with Crippen molar-refractivity contribution in [2.75, 3.05) is 5.73 Å². The molecule has 0 unspecified atom stereocenters. The second-order valence-electron chi connectivity index (χ2n) is 7.68. The fraction of sp³-hybridized carbons (Fsp3) is 0.238. The molecule has 0 fully saturated rings. The number of carbonyl (C=O) groups is 1. The topological polar surface area (TPSA) is 107 Å². The normalized spacial score (nSPS) is 12.8. The van der Waals surface area contributed by atoms with Gasteiger partial charge in [-0.25, -0.2) is 9.78 Å². The van der Waals surface area contributed by atoms with Gasteiger partial charge >= 0.3 is 6.09 Å².